The maximum atomic E-state index is 8.92. The maximum Gasteiger partial charge on any atom is 0.146 e. The van der Waals surface area contributed by atoms with Crippen LogP contribution in [-0.4, -0.2) is 16.5 Å². The SMILES string of the molecule is Cc1nc(C#N)cc(NCC(C)(C)c2ccccc2)n1. The number of anilines is 1. The summed E-state index contributed by atoms with van der Waals surface area (Å²) in [5.74, 6) is 1.29. The number of rotatable bonds is 4. The smallest absolute Gasteiger partial charge is 0.146 e. The number of benzene rings is 1. The lowest BCUT2D eigenvalue weighted by atomic mass is 9.84. The molecule has 0 spiro atoms. The van der Waals surface area contributed by atoms with Crippen LogP contribution in [0.5, 0.6) is 0 Å². The molecule has 1 aromatic carbocycles. The number of nitrogens with one attached hydrogen (secondary N) is 1. The summed E-state index contributed by atoms with van der Waals surface area (Å²) in [4.78, 5) is 8.35. The van der Waals surface area contributed by atoms with Crippen molar-refractivity contribution in [1.29, 1.82) is 5.26 Å². The minimum atomic E-state index is -0.0209. The van der Waals surface area contributed by atoms with E-state index < -0.39 is 0 Å². The molecule has 0 aliphatic heterocycles. The van der Waals surface area contributed by atoms with Gasteiger partial charge in [-0.2, -0.15) is 5.26 Å². The molecule has 20 heavy (non-hydrogen) atoms. The third-order valence-corrected chi connectivity index (χ3v) is 3.22. The molecule has 1 heterocycles. The highest BCUT2D eigenvalue weighted by atomic mass is 15.0. The van der Waals surface area contributed by atoms with Crippen LogP contribution >= 0.6 is 0 Å². The average molecular weight is 266 g/mol. The van der Waals surface area contributed by atoms with Gasteiger partial charge in [0, 0.05) is 18.0 Å². The largest absolute Gasteiger partial charge is 0.369 e. The molecule has 0 aliphatic rings. The monoisotopic (exact) mass is 266 g/mol. The van der Waals surface area contributed by atoms with Gasteiger partial charge in [0.15, 0.2) is 0 Å². The zero-order valence-corrected chi connectivity index (χ0v) is 12.0. The quantitative estimate of drug-likeness (QED) is 0.924. The van der Waals surface area contributed by atoms with Crippen molar-refractivity contribution in [1.82, 2.24) is 9.97 Å². The van der Waals surface area contributed by atoms with Gasteiger partial charge in [-0.3, -0.25) is 0 Å². The van der Waals surface area contributed by atoms with Crippen molar-refractivity contribution < 1.29 is 0 Å². The number of aryl methyl sites for hydroxylation is 1. The molecule has 4 heteroatoms. The normalized spacial score (nSPS) is 10.9. The van der Waals surface area contributed by atoms with Crippen LogP contribution in [0.15, 0.2) is 36.4 Å². The molecule has 2 rings (SSSR count). The Kier molecular flexibility index (Phi) is 3.99. The van der Waals surface area contributed by atoms with Gasteiger partial charge >= 0.3 is 0 Å². The second-order valence-corrected chi connectivity index (χ2v) is 5.40. The first-order valence-corrected chi connectivity index (χ1v) is 6.56. The molecule has 0 aliphatic carbocycles. The molecule has 0 amide bonds. The fourth-order valence-electron chi connectivity index (χ4n) is 2.02. The lowest BCUT2D eigenvalue weighted by molar-refractivity contribution is 0.556. The second-order valence-electron chi connectivity index (χ2n) is 5.40. The molecule has 0 atom stereocenters. The number of hydrogen-bond donors (Lipinski definition) is 1. The summed E-state index contributed by atoms with van der Waals surface area (Å²) in [5, 5.41) is 12.2. The molecule has 0 bridgehead atoms. The van der Waals surface area contributed by atoms with Crippen LogP contribution in [0.3, 0.4) is 0 Å². The Balaban J connectivity index is 2.12. The van der Waals surface area contributed by atoms with Crippen LogP contribution in [0.2, 0.25) is 0 Å². The van der Waals surface area contributed by atoms with E-state index in [1.807, 2.05) is 24.3 Å². The topological polar surface area (TPSA) is 61.6 Å². The first-order valence-electron chi connectivity index (χ1n) is 6.56. The highest BCUT2D eigenvalue weighted by molar-refractivity contribution is 5.41. The predicted octanol–water partition coefficient (Wildman–Crippen LogP) is 3.05. The van der Waals surface area contributed by atoms with Crippen molar-refractivity contribution >= 4 is 5.82 Å². The van der Waals surface area contributed by atoms with Crippen molar-refractivity contribution in [3.63, 3.8) is 0 Å². The van der Waals surface area contributed by atoms with E-state index in [2.05, 4.69) is 41.3 Å². The molecular formula is C16H18N4. The molecule has 0 radical (unpaired) electrons. The molecule has 4 nitrogen and oxygen atoms in total. The highest BCUT2D eigenvalue weighted by Crippen LogP contribution is 2.23. The molecule has 2 aromatic rings. The van der Waals surface area contributed by atoms with Gasteiger partial charge in [-0.15, -0.1) is 0 Å². The second kappa shape index (κ2) is 5.70. The van der Waals surface area contributed by atoms with E-state index in [4.69, 9.17) is 5.26 Å². The van der Waals surface area contributed by atoms with Crippen LogP contribution in [-0.2, 0) is 5.41 Å². The zero-order valence-electron chi connectivity index (χ0n) is 12.0. The minimum absolute atomic E-state index is 0.0209. The summed E-state index contributed by atoms with van der Waals surface area (Å²) in [6, 6.07) is 14.1. The van der Waals surface area contributed by atoms with E-state index >= 15 is 0 Å². The van der Waals surface area contributed by atoms with Crippen LogP contribution in [0.1, 0.15) is 30.9 Å². The van der Waals surface area contributed by atoms with Gasteiger partial charge in [0.25, 0.3) is 0 Å². The van der Waals surface area contributed by atoms with E-state index in [9.17, 15) is 0 Å². The Hall–Kier alpha value is -2.41. The van der Waals surface area contributed by atoms with Gasteiger partial charge in [-0.05, 0) is 12.5 Å². The van der Waals surface area contributed by atoms with Gasteiger partial charge in [0.1, 0.15) is 23.4 Å². The Morgan fingerprint density at radius 1 is 1.20 bits per heavy atom. The Morgan fingerprint density at radius 3 is 2.55 bits per heavy atom. The Bertz CT molecular complexity index is 627. The van der Waals surface area contributed by atoms with Gasteiger partial charge < -0.3 is 5.32 Å². The van der Waals surface area contributed by atoms with Gasteiger partial charge in [-0.25, -0.2) is 9.97 Å². The van der Waals surface area contributed by atoms with E-state index in [0.29, 0.717) is 17.3 Å². The molecule has 0 fully saturated rings. The van der Waals surface area contributed by atoms with E-state index in [-0.39, 0.29) is 5.41 Å². The average Bonchev–Trinajstić information content (AvgIpc) is 2.45. The molecule has 1 N–H and O–H groups in total. The number of aromatic nitrogens is 2. The number of hydrogen-bond acceptors (Lipinski definition) is 4. The Labute approximate surface area is 119 Å². The van der Waals surface area contributed by atoms with Crippen LogP contribution in [0.4, 0.5) is 5.82 Å². The van der Waals surface area contributed by atoms with Crippen LogP contribution in [0, 0.1) is 18.3 Å². The zero-order chi connectivity index (χ0) is 14.6. The van der Waals surface area contributed by atoms with E-state index in [1.165, 1.54) is 5.56 Å². The summed E-state index contributed by atoms with van der Waals surface area (Å²) >= 11 is 0. The van der Waals surface area contributed by atoms with Crippen LogP contribution in [0.25, 0.3) is 0 Å². The maximum absolute atomic E-state index is 8.92. The first kappa shape index (κ1) is 14.0. The third kappa shape index (κ3) is 3.33. The molecular weight excluding hydrogens is 248 g/mol. The lowest BCUT2D eigenvalue weighted by Crippen LogP contribution is -2.28. The summed E-state index contributed by atoms with van der Waals surface area (Å²) < 4.78 is 0. The molecule has 0 saturated heterocycles. The number of nitriles is 1. The number of nitrogens with zero attached hydrogens (tertiary/aromatic N) is 3. The van der Waals surface area contributed by atoms with Gasteiger partial charge in [0.05, 0.1) is 0 Å². The van der Waals surface area contributed by atoms with E-state index in [1.54, 1.807) is 13.0 Å². The summed E-state index contributed by atoms with van der Waals surface area (Å²) in [6.07, 6.45) is 0. The van der Waals surface area contributed by atoms with E-state index in [0.717, 1.165) is 6.54 Å². The van der Waals surface area contributed by atoms with Crippen LogP contribution < -0.4 is 5.32 Å². The summed E-state index contributed by atoms with van der Waals surface area (Å²) in [6.45, 7) is 6.87. The molecule has 0 unspecified atom stereocenters. The molecule has 0 saturated carbocycles. The van der Waals surface area contributed by atoms with Crippen molar-refractivity contribution in [2.45, 2.75) is 26.2 Å². The molecule has 102 valence electrons. The van der Waals surface area contributed by atoms with Crippen molar-refractivity contribution in [3.05, 3.63) is 53.5 Å². The first-order chi connectivity index (χ1) is 9.51. The van der Waals surface area contributed by atoms with Crippen molar-refractivity contribution in [2.75, 3.05) is 11.9 Å². The summed E-state index contributed by atoms with van der Waals surface area (Å²) in [7, 11) is 0. The molecule has 1 aromatic heterocycles. The Morgan fingerprint density at radius 2 is 1.90 bits per heavy atom. The third-order valence-electron chi connectivity index (χ3n) is 3.22. The van der Waals surface area contributed by atoms with Gasteiger partial charge in [0.2, 0.25) is 0 Å². The summed E-state index contributed by atoms with van der Waals surface area (Å²) in [5.41, 5.74) is 1.63. The standard InChI is InChI=1S/C16H18N4/c1-12-19-14(10-17)9-15(20-12)18-11-16(2,3)13-7-5-4-6-8-13/h4-9H,11H2,1-3H3,(H,18,19,20). The predicted molar refractivity (Wildman–Crippen MR) is 79.4 cm³/mol. The highest BCUT2D eigenvalue weighted by Gasteiger charge is 2.20. The van der Waals surface area contributed by atoms with Crippen molar-refractivity contribution in [2.24, 2.45) is 0 Å². The van der Waals surface area contributed by atoms with Crippen molar-refractivity contribution in [3.8, 4) is 6.07 Å². The fraction of sp³-hybridized carbons (Fsp3) is 0.312. The fourth-order valence-corrected chi connectivity index (χ4v) is 2.02. The van der Waals surface area contributed by atoms with Gasteiger partial charge in [-0.1, -0.05) is 44.2 Å². The lowest BCUT2D eigenvalue weighted by Gasteiger charge is -2.26. The minimum Gasteiger partial charge on any atom is -0.369 e.